The summed E-state index contributed by atoms with van der Waals surface area (Å²) in [5.41, 5.74) is 2.08. The van der Waals surface area contributed by atoms with Crippen LogP contribution in [0.15, 0.2) is 42.6 Å². The van der Waals surface area contributed by atoms with E-state index in [4.69, 9.17) is 5.26 Å². The normalized spacial score (nSPS) is 9.60. The summed E-state index contributed by atoms with van der Waals surface area (Å²) in [6.45, 7) is 0. The van der Waals surface area contributed by atoms with E-state index in [1.165, 1.54) is 0 Å². The van der Waals surface area contributed by atoms with E-state index in [1.807, 2.05) is 12.1 Å². The molecule has 0 aliphatic rings. The molecule has 0 radical (unpaired) electrons. The fraction of sp³-hybridized carbons (Fsp3) is 0.133. The Bertz CT molecular complexity index is 644. The third kappa shape index (κ3) is 3.12. The molecule has 0 saturated carbocycles. The predicted octanol–water partition coefficient (Wildman–Crippen LogP) is 2.44. The molecule has 0 spiro atoms. The van der Waals surface area contributed by atoms with Crippen LogP contribution in [0.1, 0.15) is 15.9 Å². The molecule has 1 amide bonds. The minimum atomic E-state index is -0.226. The smallest absolute Gasteiger partial charge is 0.259 e. The number of pyridine rings is 1. The largest absolute Gasteiger partial charge is 0.372 e. The molecule has 0 bridgehead atoms. The second-order valence-corrected chi connectivity index (χ2v) is 4.14. The maximum Gasteiger partial charge on any atom is 0.259 e. The monoisotopic (exact) mass is 266 g/mol. The highest BCUT2D eigenvalue weighted by Gasteiger charge is 2.11. The van der Waals surface area contributed by atoms with Gasteiger partial charge in [-0.1, -0.05) is 12.1 Å². The predicted molar refractivity (Wildman–Crippen MR) is 77.5 cm³/mol. The Balaban J connectivity index is 2.13. The molecular weight excluding hydrogens is 252 g/mol. The average molecular weight is 266 g/mol. The van der Waals surface area contributed by atoms with Crippen LogP contribution in [0.4, 0.5) is 11.5 Å². The van der Waals surface area contributed by atoms with Crippen LogP contribution >= 0.6 is 0 Å². The highest BCUT2D eigenvalue weighted by Crippen LogP contribution is 2.15. The number of carbonyl (C=O) groups excluding carboxylic acids is 1. The zero-order valence-corrected chi connectivity index (χ0v) is 11.1. The van der Waals surface area contributed by atoms with Gasteiger partial charge in [0.05, 0.1) is 18.1 Å². The topological polar surface area (TPSA) is 77.8 Å². The Labute approximate surface area is 117 Å². The van der Waals surface area contributed by atoms with Gasteiger partial charge in [-0.25, -0.2) is 4.98 Å². The van der Waals surface area contributed by atoms with Gasteiger partial charge in [-0.3, -0.25) is 4.79 Å². The lowest BCUT2D eigenvalue weighted by atomic mass is 10.1. The van der Waals surface area contributed by atoms with E-state index in [9.17, 15) is 4.79 Å². The maximum absolute atomic E-state index is 12.2. The molecule has 2 N–H and O–H groups in total. The molecule has 0 unspecified atom stereocenters. The Morgan fingerprint density at radius 2 is 2.05 bits per heavy atom. The molecule has 0 fully saturated rings. The minimum Gasteiger partial charge on any atom is -0.372 e. The van der Waals surface area contributed by atoms with Crippen molar-refractivity contribution in [3.63, 3.8) is 0 Å². The van der Waals surface area contributed by atoms with Crippen LogP contribution in [-0.4, -0.2) is 17.9 Å². The Kier molecular flexibility index (Phi) is 4.30. The molecule has 0 aliphatic heterocycles. The van der Waals surface area contributed by atoms with Gasteiger partial charge >= 0.3 is 0 Å². The van der Waals surface area contributed by atoms with Crippen molar-refractivity contribution in [2.24, 2.45) is 0 Å². The SMILES string of the molecule is CNc1ncccc1C(=O)Nc1ccc(CC#N)cc1. The Morgan fingerprint density at radius 3 is 2.70 bits per heavy atom. The first-order chi connectivity index (χ1) is 9.74. The van der Waals surface area contributed by atoms with Crippen molar-refractivity contribution in [2.75, 3.05) is 17.7 Å². The number of anilines is 2. The third-order valence-corrected chi connectivity index (χ3v) is 2.78. The number of hydrogen-bond acceptors (Lipinski definition) is 4. The number of nitrogens with zero attached hydrogens (tertiary/aromatic N) is 2. The van der Waals surface area contributed by atoms with E-state index in [2.05, 4.69) is 21.7 Å². The lowest BCUT2D eigenvalue weighted by molar-refractivity contribution is 0.102. The first-order valence-corrected chi connectivity index (χ1v) is 6.14. The average Bonchev–Trinajstić information content (AvgIpc) is 2.49. The summed E-state index contributed by atoms with van der Waals surface area (Å²) in [4.78, 5) is 16.3. The molecule has 1 aromatic heterocycles. The number of amides is 1. The summed E-state index contributed by atoms with van der Waals surface area (Å²) >= 11 is 0. The summed E-state index contributed by atoms with van der Waals surface area (Å²) in [6.07, 6.45) is 1.99. The van der Waals surface area contributed by atoms with E-state index < -0.39 is 0 Å². The van der Waals surface area contributed by atoms with Crippen LogP contribution in [0.3, 0.4) is 0 Å². The van der Waals surface area contributed by atoms with Crippen LogP contribution in [0, 0.1) is 11.3 Å². The van der Waals surface area contributed by atoms with Crippen molar-refractivity contribution < 1.29 is 4.79 Å². The quantitative estimate of drug-likeness (QED) is 0.891. The highest BCUT2D eigenvalue weighted by molar-refractivity contribution is 6.07. The number of nitrogens with one attached hydrogen (secondary N) is 2. The molecule has 0 aliphatic carbocycles. The maximum atomic E-state index is 12.2. The Morgan fingerprint density at radius 1 is 1.30 bits per heavy atom. The summed E-state index contributed by atoms with van der Waals surface area (Å²) < 4.78 is 0. The summed E-state index contributed by atoms with van der Waals surface area (Å²) in [5.74, 6) is 0.307. The fourth-order valence-corrected chi connectivity index (χ4v) is 1.78. The molecule has 100 valence electrons. The summed E-state index contributed by atoms with van der Waals surface area (Å²) in [5, 5.41) is 14.3. The highest BCUT2D eigenvalue weighted by atomic mass is 16.1. The molecule has 0 saturated heterocycles. The lowest BCUT2D eigenvalue weighted by Gasteiger charge is -2.09. The Hall–Kier alpha value is -2.87. The van der Waals surface area contributed by atoms with Crippen LogP contribution < -0.4 is 10.6 Å². The second kappa shape index (κ2) is 6.34. The summed E-state index contributed by atoms with van der Waals surface area (Å²) in [6, 6.07) is 12.7. The first-order valence-electron chi connectivity index (χ1n) is 6.14. The lowest BCUT2D eigenvalue weighted by Crippen LogP contribution is -2.14. The van der Waals surface area contributed by atoms with Crippen molar-refractivity contribution >= 4 is 17.4 Å². The van der Waals surface area contributed by atoms with Crippen molar-refractivity contribution in [3.05, 3.63) is 53.7 Å². The van der Waals surface area contributed by atoms with E-state index in [-0.39, 0.29) is 5.91 Å². The van der Waals surface area contributed by atoms with Crippen molar-refractivity contribution in [1.29, 1.82) is 5.26 Å². The van der Waals surface area contributed by atoms with Gasteiger partial charge in [0.1, 0.15) is 5.82 Å². The van der Waals surface area contributed by atoms with Crippen LogP contribution in [0.25, 0.3) is 0 Å². The third-order valence-electron chi connectivity index (χ3n) is 2.78. The van der Waals surface area contributed by atoms with Gasteiger partial charge in [0.2, 0.25) is 0 Å². The van der Waals surface area contributed by atoms with E-state index in [1.54, 1.807) is 37.5 Å². The zero-order chi connectivity index (χ0) is 14.4. The van der Waals surface area contributed by atoms with Gasteiger partial charge in [0, 0.05) is 18.9 Å². The van der Waals surface area contributed by atoms with Gasteiger partial charge in [0.25, 0.3) is 5.91 Å². The molecule has 1 aromatic carbocycles. The second-order valence-electron chi connectivity index (χ2n) is 4.14. The molecule has 0 atom stereocenters. The van der Waals surface area contributed by atoms with Crippen molar-refractivity contribution in [2.45, 2.75) is 6.42 Å². The van der Waals surface area contributed by atoms with E-state index in [0.29, 0.717) is 23.5 Å². The van der Waals surface area contributed by atoms with Gasteiger partial charge < -0.3 is 10.6 Å². The molecule has 5 nitrogen and oxygen atoms in total. The zero-order valence-electron chi connectivity index (χ0n) is 11.1. The number of hydrogen-bond donors (Lipinski definition) is 2. The molecule has 20 heavy (non-hydrogen) atoms. The molecule has 2 rings (SSSR count). The standard InChI is InChI=1S/C15H14N4O/c1-17-14-13(3-2-10-18-14)15(20)19-12-6-4-11(5-7-12)8-9-16/h2-7,10H,8H2,1H3,(H,17,18)(H,19,20). The van der Waals surface area contributed by atoms with Crippen LogP contribution in [-0.2, 0) is 6.42 Å². The van der Waals surface area contributed by atoms with Gasteiger partial charge in [0.15, 0.2) is 0 Å². The number of carbonyl (C=O) groups is 1. The fourth-order valence-electron chi connectivity index (χ4n) is 1.78. The van der Waals surface area contributed by atoms with Gasteiger partial charge in [-0.15, -0.1) is 0 Å². The first kappa shape index (κ1) is 13.6. The van der Waals surface area contributed by atoms with Crippen LogP contribution in [0.2, 0.25) is 0 Å². The summed E-state index contributed by atoms with van der Waals surface area (Å²) in [7, 11) is 1.72. The number of nitriles is 1. The van der Waals surface area contributed by atoms with E-state index in [0.717, 1.165) is 5.56 Å². The molecule has 2 aromatic rings. The minimum absolute atomic E-state index is 0.226. The van der Waals surface area contributed by atoms with Crippen molar-refractivity contribution in [3.8, 4) is 6.07 Å². The number of benzene rings is 1. The molecular formula is C15H14N4O. The van der Waals surface area contributed by atoms with Gasteiger partial charge in [-0.05, 0) is 29.8 Å². The van der Waals surface area contributed by atoms with Crippen molar-refractivity contribution in [1.82, 2.24) is 4.98 Å². The molecule has 5 heteroatoms. The number of aromatic nitrogens is 1. The molecule has 1 heterocycles. The van der Waals surface area contributed by atoms with E-state index >= 15 is 0 Å². The van der Waals surface area contributed by atoms with Crippen LogP contribution in [0.5, 0.6) is 0 Å². The number of rotatable bonds is 4. The van der Waals surface area contributed by atoms with Gasteiger partial charge in [-0.2, -0.15) is 5.26 Å².